The number of carbonyl (C=O) groups is 2. The van der Waals surface area contributed by atoms with Crippen molar-refractivity contribution in [3.63, 3.8) is 0 Å². The van der Waals surface area contributed by atoms with E-state index in [0.29, 0.717) is 22.8 Å². The molecule has 0 spiro atoms. The molecule has 1 atom stereocenters. The summed E-state index contributed by atoms with van der Waals surface area (Å²) in [6, 6.07) is 14.1. The summed E-state index contributed by atoms with van der Waals surface area (Å²) in [5.41, 5.74) is 0.301. The van der Waals surface area contributed by atoms with Crippen LogP contribution >= 0.6 is 23.4 Å². The SMILES string of the molecule is CSCCC(NC(=O)c1ccccc1Cl)C(=O)NCCCS(=O)(=O)c1ccccc1. The molecule has 1 unspecified atom stereocenters. The van der Waals surface area contributed by atoms with Crippen LogP contribution in [-0.4, -0.2) is 50.6 Å². The van der Waals surface area contributed by atoms with Crippen molar-refractivity contribution in [2.45, 2.75) is 23.8 Å². The summed E-state index contributed by atoms with van der Waals surface area (Å²) in [5, 5.41) is 5.76. The molecular formula is C21H25ClN2O4S2. The fourth-order valence-corrected chi connectivity index (χ4v) is 4.75. The number of halogens is 1. The maximum atomic E-state index is 12.6. The molecule has 30 heavy (non-hydrogen) atoms. The Labute approximate surface area is 186 Å². The average molecular weight is 469 g/mol. The van der Waals surface area contributed by atoms with Gasteiger partial charge in [-0.2, -0.15) is 11.8 Å². The fourth-order valence-electron chi connectivity index (χ4n) is 2.73. The topological polar surface area (TPSA) is 92.3 Å². The lowest BCUT2D eigenvalue weighted by molar-refractivity contribution is -0.123. The van der Waals surface area contributed by atoms with Crippen molar-refractivity contribution in [2.75, 3.05) is 24.3 Å². The number of thioether (sulfide) groups is 1. The number of amides is 2. The Morgan fingerprint density at radius 2 is 1.73 bits per heavy atom. The van der Waals surface area contributed by atoms with E-state index in [4.69, 9.17) is 11.6 Å². The van der Waals surface area contributed by atoms with Crippen molar-refractivity contribution < 1.29 is 18.0 Å². The van der Waals surface area contributed by atoms with E-state index in [-0.39, 0.29) is 29.5 Å². The molecule has 0 aliphatic heterocycles. The van der Waals surface area contributed by atoms with Crippen LogP contribution < -0.4 is 10.6 Å². The van der Waals surface area contributed by atoms with E-state index in [1.54, 1.807) is 66.4 Å². The van der Waals surface area contributed by atoms with Crippen LogP contribution in [0.25, 0.3) is 0 Å². The fraction of sp³-hybridized carbons (Fsp3) is 0.333. The molecule has 2 amide bonds. The van der Waals surface area contributed by atoms with Gasteiger partial charge in [-0.1, -0.05) is 41.9 Å². The van der Waals surface area contributed by atoms with Crippen molar-refractivity contribution >= 4 is 45.0 Å². The summed E-state index contributed by atoms with van der Waals surface area (Å²) in [4.78, 5) is 25.3. The average Bonchev–Trinajstić information content (AvgIpc) is 2.74. The standard InChI is InChI=1S/C21H25ClN2O4S2/c1-29-14-12-19(24-20(25)17-10-5-6-11-18(17)22)21(26)23-13-7-15-30(27,28)16-8-3-2-4-9-16/h2-6,8-11,19H,7,12-15H2,1H3,(H,23,26)(H,24,25). The van der Waals surface area contributed by atoms with E-state index in [2.05, 4.69) is 10.6 Å². The normalized spacial score (nSPS) is 12.2. The summed E-state index contributed by atoms with van der Waals surface area (Å²) in [7, 11) is -3.39. The smallest absolute Gasteiger partial charge is 0.253 e. The molecule has 9 heteroatoms. The van der Waals surface area contributed by atoms with Gasteiger partial charge in [0.15, 0.2) is 9.84 Å². The van der Waals surface area contributed by atoms with E-state index < -0.39 is 21.8 Å². The van der Waals surface area contributed by atoms with Crippen molar-refractivity contribution in [1.82, 2.24) is 10.6 Å². The van der Waals surface area contributed by atoms with E-state index in [1.807, 2.05) is 6.26 Å². The lowest BCUT2D eigenvalue weighted by Gasteiger charge is -2.18. The zero-order chi connectivity index (χ0) is 22.0. The summed E-state index contributed by atoms with van der Waals surface area (Å²) in [5.74, 6) is -0.155. The monoisotopic (exact) mass is 468 g/mol. The molecule has 0 aromatic heterocycles. The molecule has 0 bridgehead atoms. The highest BCUT2D eigenvalue weighted by molar-refractivity contribution is 7.98. The predicted molar refractivity (Wildman–Crippen MR) is 122 cm³/mol. The second-order valence-corrected chi connectivity index (χ2v) is 10.1. The lowest BCUT2D eigenvalue weighted by Crippen LogP contribution is -2.47. The second-order valence-electron chi connectivity index (χ2n) is 6.56. The molecule has 0 heterocycles. The van der Waals surface area contributed by atoms with Crippen molar-refractivity contribution in [3.05, 3.63) is 65.2 Å². The van der Waals surface area contributed by atoms with Crippen LogP contribution in [-0.2, 0) is 14.6 Å². The van der Waals surface area contributed by atoms with Crippen LogP contribution in [0.5, 0.6) is 0 Å². The Morgan fingerprint density at radius 1 is 1.07 bits per heavy atom. The quantitative estimate of drug-likeness (QED) is 0.494. The van der Waals surface area contributed by atoms with E-state index in [9.17, 15) is 18.0 Å². The minimum atomic E-state index is -3.39. The number of sulfone groups is 1. The number of rotatable bonds is 11. The summed E-state index contributed by atoms with van der Waals surface area (Å²) in [6.07, 6.45) is 2.64. The van der Waals surface area contributed by atoms with Gasteiger partial charge in [-0.15, -0.1) is 0 Å². The largest absolute Gasteiger partial charge is 0.354 e. The van der Waals surface area contributed by atoms with Gasteiger partial charge in [-0.3, -0.25) is 9.59 Å². The van der Waals surface area contributed by atoms with Crippen LogP contribution in [0.2, 0.25) is 5.02 Å². The molecule has 162 valence electrons. The molecule has 0 fully saturated rings. The number of carbonyl (C=O) groups excluding carboxylic acids is 2. The van der Waals surface area contributed by atoms with Gasteiger partial charge in [0.25, 0.3) is 5.91 Å². The molecule has 0 aliphatic carbocycles. The predicted octanol–water partition coefficient (Wildman–Crippen LogP) is 3.17. The Morgan fingerprint density at radius 3 is 2.40 bits per heavy atom. The first-order valence-corrected chi connectivity index (χ1v) is 12.9. The van der Waals surface area contributed by atoms with Gasteiger partial charge in [0.2, 0.25) is 5.91 Å². The molecule has 0 radical (unpaired) electrons. The van der Waals surface area contributed by atoms with Gasteiger partial charge < -0.3 is 10.6 Å². The zero-order valence-corrected chi connectivity index (χ0v) is 19.0. The maximum Gasteiger partial charge on any atom is 0.253 e. The van der Waals surface area contributed by atoms with Gasteiger partial charge in [-0.25, -0.2) is 8.42 Å². The zero-order valence-electron chi connectivity index (χ0n) is 16.6. The third kappa shape index (κ3) is 7.34. The van der Waals surface area contributed by atoms with Crippen molar-refractivity contribution in [3.8, 4) is 0 Å². The van der Waals surface area contributed by atoms with Crippen LogP contribution in [0.15, 0.2) is 59.5 Å². The van der Waals surface area contributed by atoms with Crippen LogP contribution in [0.4, 0.5) is 0 Å². The van der Waals surface area contributed by atoms with Crippen molar-refractivity contribution in [2.24, 2.45) is 0 Å². The highest BCUT2D eigenvalue weighted by atomic mass is 35.5. The summed E-state index contributed by atoms with van der Waals surface area (Å²) < 4.78 is 24.6. The molecule has 6 nitrogen and oxygen atoms in total. The Balaban J connectivity index is 1.90. The second kappa shape index (κ2) is 12.0. The third-order valence-electron chi connectivity index (χ3n) is 4.34. The first-order valence-electron chi connectivity index (χ1n) is 9.45. The van der Waals surface area contributed by atoms with E-state index in [0.717, 1.165) is 0 Å². The number of nitrogens with one attached hydrogen (secondary N) is 2. The van der Waals surface area contributed by atoms with Gasteiger partial charge in [0.1, 0.15) is 6.04 Å². The van der Waals surface area contributed by atoms with E-state index in [1.165, 1.54) is 0 Å². The van der Waals surface area contributed by atoms with Gasteiger partial charge >= 0.3 is 0 Å². The number of hydrogen-bond donors (Lipinski definition) is 2. The third-order valence-corrected chi connectivity index (χ3v) is 7.13. The maximum absolute atomic E-state index is 12.6. The first-order chi connectivity index (χ1) is 14.3. The van der Waals surface area contributed by atoms with Crippen LogP contribution in [0.3, 0.4) is 0 Å². The molecule has 0 saturated heterocycles. The van der Waals surface area contributed by atoms with E-state index >= 15 is 0 Å². The summed E-state index contributed by atoms with van der Waals surface area (Å²) in [6.45, 7) is 0.197. The highest BCUT2D eigenvalue weighted by Gasteiger charge is 2.22. The molecule has 2 N–H and O–H groups in total. The van der Waals surface area contributed by atoms with Gasteiger partial charge in [-0.05, 0) is 49.1 Å². The number of benzene rings is 2. The molecule has 0 saturated carbocycles. The Bertz CT molecular complexity index is 952. The Hall–Kier alpha value is -2.03. The molecule has 0 aliphatic rings. The minimum absolute atomic E-state index is 0.0707. The minimum Gasteiger partial charge on any atom is -0.354 e. The highest BCUT2D eigenvalue weighted by Crippen LogP contribution is 2.15. The molecule has 2 aromatic rings. The molecule has 2 rings (SSSR count). The lowest BCUT2D eigenvalue weighted by atomic mass is 10.1. The van der Waals surface area contributed by atoms with Crippen LogP contribution in [0.1, 0.15) is 23.2 Å². The molecule has 2 aromatic carbocycles. The molecular weight excluding hydrogens is 444 g/mol. The van der Waals surface area contributed by atoms with Crippen molar-refractivity contribution in [1.29, 1.82) is 0 Å². The Kier molecular flexibility index (Phi) is 9.68. The first kappa shape index (κ1) is 24.2. The number of hydrogen-bond acceptors (Lipinski definition) is 5. The van der Waals surface area contributed by atoms with Crippen LogP contribution in [0, 0.1) is 0 Å². The van der Waals surface area contributed by atoms with Gasteiger partial charge in [0, 0.05) is 6.54 Å². The van der Waals surface area contributed by atoms with Gasteiger partial charge in [0.05, 0.1) is 21.2 Å². The summed E-state index contributed by atoms with van der Waals surface area (Å²) >= 11 is 7.63.